The third kappa shape index (κ3) is 3.76. The van der Waals surface area contributed by atoms with Crippen molar-refractivity contribution in [2.45, 2.75) is 47.0 Å². The van der Waals surface area contributed by atoms with Gasteiger partial charge in [0.1, 0.15) is 0 Å². The fourth-order valence-electron chi connectivity index (χ4n) is 2.30. The van der Waals surface area contributed by atoms with Crippen LogP contribution in [0.2, 0.25) is 0 Å². The van der Waals surface area contributed by atoms with E-state index >= 15 is 0 Å². The molecule has 4 N–H and O–H groups in total. The SMILES string of the molecule is Cc1cc(C)c(C)c(CCCCN=C(N)N)c1C. The van der Waals surface area contributed by atoms with Crippen LogP contribution in [0.15, 0.2) is 11.1 Å². The molecule has 0 aliphatic heterocycles. The highest BCUT2D eigenvalue weighted by Crippen LogP contribution is 2.23. The van der Waals surface area contributed by atoms with Gasteiger partial charge in [0.2, 0.25) is 0 Å². The van der Waals surface area contributed by atoms with Crippen LogP contribution in [0.4, 0.5) is 0 Å². The van der Waals surface area contributed by atoms with Crippen molar-refractivity contribution < 1.29 is 0 Å². The monoisotopic (exact) mass is 247 g/mol. The summed E-state index contributed by atoms with van der Waals surface area (Å²) in [5, 5.41) is 0. The van der Waals surface area contributed by atoms with Crippen LogP contribution in [0.1, 0.15) is 40.7 Å². The van der Waals surface area contributed by atoms with Crippen LogP contribution in [0.5, 0.6) is 0 Å². The summed E-state index contributed by atoms with van der Waals surface area (Å²) in [6, 6.07) is 2.27. The lowest BCUT2D eigenvalue weighted by Gasteiger charge is -2.15. The minimum atomic E-state index is 0.189. The molecule has 1 aromatic carbocycles. The van der Waals surface area contributed by atoms with Gasteiger partial charge < -0.3 is 11.5 Å². The molecular formula is C15H25N3. The van der Waals surface area contributed by atoms with Gasteiger partial charge in [-0.15, -0.1) is 0 Å². The second-order valence-corrected chi connectivity index (χ2v) is 5.00. The Morgan fingerprint density at radius 3 is 2.06 bits per heavy atom. The Labute approximate surface area is 110 Å². The van der Waals surface area contributed by atoms with E-state index in [-0.39, 0.29) is 5.96 Å². The smallest absolute Gasteiger partial charge is 0.185 e. The summed E-state index contributed by atoms with van der Waals surface area (Å²) >= 11 is 0. The van der Waals surface area contributed by atoms with Gasteiger partial charge >= 0.3 is 0 Å². The van der Waals surface area contributed by atoms with Crippen LogP contribution in [-0.4, -0.2) is 12.5 Å². The van der Waals surface area contributed by atoms with Crippen LogP contribution in [0, 0.1) is 27.7 Å². The number of benzene rings is 1. The van der Waals surface area contributed by atoms with Gasteiger partial charge in [0.25, 0.3) is 0 Å². The molecule has 3 heteroatoms. The highest BCUT2D eigenvalue weighted by atomic mass is 15.0. The molecule has 1 aromatic rings. The minimum absolute atomic E-state index is 0.189. The van der Waals surface area contributed by atoms with E-state index in [4.69, 9.17) is 11.5 Å². The number of hydrogen-bond donors (Lipinski definition) is 2. The molecule has 18 heavy (non-hydrogen) atoms. The van der Waals surface area contributed by atoms with Crippen LogP contribution >= 0.6 is 0 Å². The third-order valence-corrected chi connectivity index (χ3v) is 3.65. The zero-order chi connectivity index (χ0) is 13.7. The van der Waals surface area contributed by atoms with Crippen LogP contribution in [-0.2, 0) is 6.42 Å². The molecule has 0 aromatic heterocycles. The van der Waals surface area contributed by atoms with Gasteiger partial charge in [0, 0.05) is 6.54 Å². The Kier molecular flexibility index (Phi) is 5.20. The van der Waals surface area contributed by atoms with E-state index < -0.39 is 0 Å². The fourth-order valence-corrected chi connectivity index (χ4v) is 2.30. The van der Waals surface area contributed by atoms with Gasteiger partial charge in [0.15, 0.2) is 5.96 Å². The molecule has 0 unspecified atom stereocenters. The third-order valence-electron chi connectivity index (χ3n) is 3.65. The van der Waals surface area contributed by atoms with Gasteiger partial charge in [-0.2, -0.15) is 0 Å². The Morgan fingerprint density at radius 2 is 1.56 bits per heavy atom. The molecule has 0 aliphatic rings. The van der Waals surface area contributed by atoms with Crippen molar-refractivity contribution in [3.05, 3.63) is 33.9 Å². The number of nitrogens with zero attached hydrogens (tertiary/aromatic N) is 1. The number of aliphatic imine (C=N–C) groups is 1. The maximum atomic E-state index is 5.30. The Morgan fingerprint density at radius 1 is 1.00 bits per heavy atom. The van der Waals surface area contributed by atoms with Gasteiger partial charge in [-0.25, -0.2) is 0 Å². The first-order chi connectivity index (χ1) is 8.43. The van der Waals surface area contributed by atoms with Crippen molar-refractivity contribution in [2.24, 2.45) is 16.5 Å². The minimum Gasteiger partial charge on any atom is -0.370 e. The fraction of sp³-hybridized carbons (Fsp3) is 0.533. The van der Waals surface area contributed by atoms with E-state index in [9.17, 15) is 0 Å². The van der Waals surface area contributed by atoms with Gasteiger partial charge in [-0.1, -0.05) is 6.07 Å². The molecule has 0 bridgehead atoms. The van der Waals surface area contributed by atoms with Gasteiger partial charge in [0.05, 0.1) is 0 Å². The first-order valence-electron chi connectivity index (χ1n) is 6.55. The standard InChI is InChI=1S/C15H25N3/c1-10-9-11(2)13(4)14(12(10)3)7-5-6-8-18-15(16)17/h9H,5-8H2,1-4H3,(H4,16,17,18). The average molecular weight is 247 g/mol. The predicted molar refractivity (Wildman–Crippen MR) is 79.0 cm³/mol. The van der Waals surface area contributed by atoms with Crippen molar-refractivity contribution in [3.8, 4) is 0 Å². The molecule has 0 aliphatic carbocycles. The van der Waals surface area contributed by atoms with E-state index in [0.29, 0.717) is 0 Å². The lowest BCUT2D eigenvalue weighted by atomic mass is 9.91. The van der Waals surface area contributed by atoms with Crippen molar-refractivity contribution in [1.82, 2.24) is 0 Å². The van der Waals surface area contributed by atoms with E-state index in [2.05, 4.69) is 38.8 Å². The summed E-state index contributed by atoms with van der Waals surface area (Å²) in [7, 11) is 0. The summed E-state index contributed by atoms with van der Waals surface area (Å²) in [6.07, 6.45) is 3.27. The number of unbranched alkanes of at least 4 members (excludes halogenated alkanes) is 1. The predicted octanol–water partition coefficient (Wildman–Crippen LogP) is 2.52. The van der Waals surface area contributed by atoms with Gasteiger partial charge in [-0.05, 0) is 74.8 Å². The van der Waals surface area contributed by atoms with Crippen molar-refractivity contribution in [1.29, 1.82) is 0 Å². The van der Waals surface area contributed by atoms with Crippen molar-refractivity contribution >= 4 is 5.96 Å². The highest BCUT2D eigenvalue weighted by molar-refractivity contribution is 5.75. The number of hydrogen-bond acceptors (Lipinski definition) is 1. The molecule has 0 atom stereocenters. The molecule has 0 saturated carbocycles. The van der Waals surface area contributed by atoms with E-state index in [1.807, 2.05) is 0 Å². The molecule has 0 amide bonds. The van der Waals surface area contributed by atoms with Crippen LogP contribution in [0.3, 0.4) is 0 Å². The Bertz CT molecular complexity index is 417. The van der Waals surface area contributed by atoms with Gasteiger partial charge in [-0.3, -0.25) is 4.99 Å². The normalized spacial score (nSPS) is 10.4. The summed E-state index contributed by atoms with van der Waals surface area (Å²) in [5.74, 6) is 0.189. The molecule has 0 spiro atoms. The summed E-state index contributed by atoms with van der Waals surface area (Å²) in [5.41, 5.74) is 17.7. The second-order valence-electron chi connectivity index (χ2n) is 5.00. The summed E-state index contributed by atoms with van der Waals surface area (Å²) in [4.78, 5) is 4.01. The Hall–Kier alpha value is -1.51. The van der Waals surface area contributed by atoms with E-state index in [0.717, 1.165) is 25.8 Å². The lowest BCUT2D eigenvalue weighted by molar-refractivity contribution is 0.738. The molecular weight excluding hydrogens is 222 g/mol. The summed E-state index contributed by atoms with van der Waals surface area (Å²) in [6.45, 7) is 9.53. The van der Waals surface area contributed by atoms with Crippen LogP contribution < -0.4 is 11.5 Å². The van der Waals surface area contributed by atoms with Crippen molar-refractivity contribution in [2.75, 3.05) is 6.54 Å². The molecule has 3 nitrogen and oxygen atoms in total. The maximum absolute atomic E-state index is 5.30. The molecule has 0 saturated heterocycles. The molecule has 0 fully saturated rings. The zero-order valence-electron chi connectivity index (χ0n) is 12.0. The quantitative estimate of drug-likeness (QED) is 0.477. The zero-order valence-corrected chi connectivity index (χ0v) is 12.0. The highest BCUT2D eigenvalue weighted by Gasteiger charge is 2.07. The van der Waals surface area contributed by atoms with E-state index in [1.54, 1.807) is 0 Å². The average Bonchev–Trinajstić information content (AvgIpc) is 2.30. The number of rotatable bonds is 5. The lowest BCUT2D eigenvalue weighted by Crippen LogP contribution is -2.22. The first kappa shape index (κ1) is 14.6. The second kappa shape index (κ2) is 6.43. The largest absolute Gasteiger partial charge is 0.370 e. The molecule has 100 valence electrons. The molecule has 0 heterocycles. The number of guanidine groups is 1. The number of nitrogens with two attached hydrogens (primary N) is 2. The Balaban J connectivity index is 2.65. The molecule has 0 radical (unpaired) electrons. The van der Waals surface area contributed by atoms with Crippen molar-refractivity contribution in [3.63, 3.8) is 0 Å². The summed E-state index contributed by atoms with van der Waals surface area (Å²) < 4.78 is 0. The first-order valence-corrected chi connectivity index (χ1v) is 6.55. The van der Waals surface area contributed by atoms with Crippen LogP contribution in [0.25, 0.3) is 0 Å². The van der Waals surface area contributed by atoms with E-state index in [1.165, 1.54) is 27.8 Å². The topological polar surface area (TPSA) is 64.4 Å². The maximum Gasteiger partial charge on any atom is 0.185 e. The molecule has 1 rings (SSSR count). The number of aryl methyl sites for hydroxylation is 2.